The molecule has 0 spiro atoms. The highest BCUT2D eigenvalue weighted by molar-refractivity contribution is 7.17. The summed E-state index contributed by atoms with van der Waals surface area (Å²) in [7, 11) is 3.57. The molecule has 1 N–H and O–H groups in total. The molecule has 2 aromatic rings. The van der Waals surface area contributed by atoms with Crippen LogP contribution in [0.5, 0.6) is 0 Å². The van der Waals surface area contributed by atoms with Crippen LogP contribution in [0.25, 0.3) is 10.1 Å². The lowest BCUT2D eigenvalue weighted by Gasteiger charge is -2.19. The van der Waals surface area contributed by atoms with Crippen LogP contribution in [0.3, 0.4) is 0 Å². The molecule has 0 aliphatic carbocycles. The molecule has 3 nitrogen and oxygen atoms in total. The van der Waals surface area contributed by atoms with Crippen LogP contribution in [0.2, 0.25) is 0 Å². The Morgan fingerprint density at radius 2 is 2.06 bits per heavy atom. The first-order chi connectivity index (χ1) is 7.61. The van der Waals surface area contributed by atoms with E-state index >= 15 is 0 Å². The monoisotopic (exact) mass is 235 g/mol. The van der Waals surface area contributed by atoms with Gasteiger partial charge in [0.2, 0.25) is 0 Å². The third kappa shape index (κ3) is 1.81. The molecule has 1 atom stereocenters. The Labute approximate surface area is 97.9 Å². The molecule has 0 saturated carbocycles. The lowest BCUT2D eigenvalue weighted by atomic mass is 10.1. The number of rotatable bonds is 3. The van der Waals surface area contributed by atoms with Crippen LogP contribution in [0.4, 0.5) is 0 Å². The summed E-state index contributed by atoms with van der Waals surface area (Å²) in [6.07, 6.45) is 0. The SMILES string of the molecule is CN(C)[C@@H](C(=O)O)c1csc2ccccc12. The Morgan fingerprint density at radius 1 is 1.38 bits per heavy atom. The number of carboxylic acid groups (broad SMARTS) is 1. The maximum Gasteiger partial charge on any atom is 0.325 e. The minimum atomic E-state index is -0.812. The van der Waals surface area contributed by atoms with Gasteiger partial charge in [-0.05, 0) is 36.5 Å². The van der Waals surface area contributed by atoms with Crippen molar-refractivity contribution in [2.75, 3.05) is 14.1 Å². The molecule has 0 amide bonds. The van der Waals surface area contributed by atoms with E-state index in [0.717, 1.165) is 15.6 Å². The summed E-state index contributed by atoms with van der Waals surface area (Å²) >= 11 is 1.59. The fourth-order valence-corrected chi connectivity index (χ4v) is 2.82. The van der Waals surface area contributed by atoms with Crippen molar-refractivity contribution in [3.05, 3.63) is 35.2 Å². The molecule has 2 rings (SSSR count). The molecule has 1 heterocycles. The van der Waals surface area contributed by atoms with Crippen LogP contribution < -0.4 is 0 Å². The van der Waals surface area contributed by atoms with E-state index in [2.05, 4.69) is 0 Å². The largest absolute Gasteiger partial charge is 0.480 e. The third-order valence-corrected chi connectivity index (χ3v) is 3.54. The molecule has 0 radical (unpaired) electrons. The Hall–Kier alpha value is -1.39. The third-order valence-electron chi connectivity index (χ3n) is 2.56. The zero-order valence-corrected chi connectivity index (χ0v) is 9.99. The lowest BCUT2D eigenvalue weighted by Crippen LogP contribution is -2.27. The second kappa shape index (κ2) is 4.23. The van der Waals surface area contributed by atoms with Crippen LogP contribution in [0, 0.1) is 0 Å². The topological polar surface area (TPSA) is 40.5 Å². The highest BCUT2D eigenvalue weighted by atomic mass is 32.1. The highest BCUT2D eigenvalue weighted by Gasteiger charge is 2.24. The molecular weight excluding hydrogens is 222 g/mol. The number of carboxylic acids is 1. The normalized spacial score (nSPS) is 13.2. The Bertz CT molecular complexity index is 518. The highest BCUT2D eigenvalue weighted by Crippen LogP contribution is 2.32. The quantitative estimate of drug-likeness (QED) is 0.889. The van der Waals surface area contributed by atoms with Gasteiger partial charge in [0, 0.05) is 4.70 Å². The molecule has 0 unspecified atom stereocenters. The van der Waals surface area contributed by atoms with Gasteiger partial charge in [-0.3, -0.25) is 9.69 Å². The van der Waals surface area contributed by atoms with Gasteiger partial charge in [-0.25, -0.2) is 0 Å². The predicted molar refractivity (Wildman–Crippen MR) is 65.9 cm³/mol. The van der Waals surface area contributed by atoms with Crippen molar-refractivity contribution in [3.8, 4) is 0 Å². The van der Waals surface area contributed by atoms with Gasteiger partial charge in [-0.1, -0.05) is 18.2 Å². The zero-order chi connectivity index (χ0) is 11.7. The summed E-state index contributed by atoms with van der Waals surface area (Å²) in [6.45, 7) is 0. The van der Waals surface area contributed by atoms with Crippen LogP contribution in [0.15, 0.2) is 29.6 Å². The smallest absolute Gasteiger partial charge is 0.325 e. The summed E-state index contributed by atoms with van der Waals surface area (Å²) in [5, 5.41) is 12.2. The summed E-state index contributed by atoms with van der Waals surface area (Å²) in [6, 6.07) is 7.32. The Kier molecular flexibility index (Phi) is 2.94. The molecule has 0 bridgehead atoms. The number of likely N-dealkylation sites (N-methyl/N-ethyl adjacent to an activating group) is 1. The zero-order valence-electron chi connectivity index (χ0n) is 9.18. The lowest BCUT2D eigenvalue weighted by molar-refractivity contribution is -0.142. The molecule has 4 heteroatoms. The number of nitrogens with zero attached hydrogens (tertiary/aromatic N) is 1. The maximum absolute atomic E-state index is 11.2. The van der Waals surface area contributed by atoms with Crippen LogP contribution >= 0.6 is 11.3 Å². The van der Waals surface area contributed by atoms with Crippen molar-refractivity contribution < 1.29 is 9.90 Å². The van der Waals surface area contributed by atoms with E-state index in [1.165, 1.54) is 0 Å². The van der Waals surface area contributed by atoms with Gasteiger partial charge >= 0.3 is 5.97 Å². The summed E-state index contributed by atoms with van der Waals surface area (Å²) in [5.74, 6) is -0.812. The number of fused-ring (bicyclic) bond motifs is 1. The number of aliphatic carboxylic acids is 1. The first-order valence-corrected chi connectivity index (χ1v) is 5.84. The minimum Gasteiger partial charge on any atom is -0.480 e. The van der Waals surface area contributed by atoms with Crippen LogP contribution in [-0.2, 0) is 4.79 Å². The number of thiophene rings is 1. The van der Waals surface area contributed by atoms with Gasteiger partial charge in [0.25, 0.3) is 0 Å². The number of hydrogen-bond acceptors (Lipinski definition) is 3. The summed E-state index contributed by atoms with van der Waals surface area (Å²) in [4.78, 5) is 13.0. The molecule has 84 valence electrons. The number of hydrogen-bond donors (Lipinski definition) is 1. The van der Waals surface area contributed by atoms with Crippen molar-refractivity contribution in [1.29, 1.82) is 0 Å². The Balaban J connectivity index is 2.57. The second-order valence-corrected chi connectivity index (χ2v) is 4.80. The number of benzene rings is 1. The van der Waals surface area contributed by atoms with Crippen molar-refractivity contribution in [3.63, 3.8) is 0 Å². The Morgan fingerprint density at radius 3 is 2.69 bits per heavy atom. The number of carbonyl (C=O) groups is 1. The van der Waals surface area contributed by atoms with E-state index in [1.54, 1.807) is 30.3 Å². The van der Waals surface area contributed by atoms with E-state index < -0.39 is 12.0 Å². The van der Waals surface area contributed by atoms with E-state index in [1.807, 2.05) is 29.6 Å². The first kappa shape index (κ1) is 11.1. The van der Waals surface area contributed by atoms with Gasteiger partial charge in [-0.15, -0.1) is 11.3 Å². The van der Waals surface area contributed by atoms with E-state index in [4.69, 9.17) is 0 Å². The molecular formula is C12H13NO2S. The molecule has 1 aromatic carbocycles. The van der Waals surface area contributed by atoms with Crippen LogP contribution in [0.1, 0.15) is 11.6 Å². The molecule has 0 aliphatic heterocycles. The van der Waals surface area contributed by atoms with E-state index in [0.29, 0.717) is 0 Å². The van der Waals surface area contributed by atoms with Gasteiger partial charge in [0.15, 0.2) is 0 Å². The fraction of sp³-hybridized carbons (Fsp3) is 0.250. The molecule has 16 heavy (non-hydrogen) atoms. The molecule has 0 aliphatic rings. The van der Waals surface area contributed by atoms with E-state index in [-0.39, 0.29) is 0 Å². The van der Waals surface area contributed by atoms with Gasteiger partial charge in [-0.2, -0.15) is 0 Å². The maximum atomic E-state index is 11.2. The fourth-order valence-electron chi connectivity index (χ4n) is 1.84. The average Bonchev–Trinajstić information content (AvgIpc) is 2.61. The van der Waals surface area contributed by atoms with Gasteiger partial charge < -0.3 is 5.11 Å². The molecule has 0 saturated heterocycles. The van der Waals surface area contributed by atoms with Gasteiger partial charge in [0.1, 0.15) is 6.04 Å². The van der Waals surface area contributed by atoms with E-state index in [9.17, 15) is 9.90 Å². The van der Waals surface area contributed by atoms with Crippen molar-refractivity contribution in [1.82, 2.24) is 4.90 Å². The van der Waals surface area contributed by atoms with Crippen molar-refractivity contribution >= 4 is 27.4 Å². The second-order valence-electron chi connectivity index (χ2n) is 3.89. The average molecular weight is 235 g/mol. The minimum absolute atomic E-state index is 0.573. The first-order valence-electron chi connectivity index (χ1n) is 4.96. The standard InChI is InChI=1S/C12H13NO2S/c1-13(2)11(12(14)15)9-7-16-10-6-4-3-5-8(9)10/h3-7,11H,1-2H3,(H,14,15)/t11-/m1/s1. The summed E-state index contributed by atoms with van der Waals surface area (Å²) < 4.78 is 1.13. The van der Waals surface area contributed by atoms with Gasteiger partial charge in [0.05, 0.1) is 0 Å². The van der Waals surface area contributed by atoms with Crippen molar-refractivity contribution in [2.24, 2.45) is 0 Å². The molecule has 0 fully saturated rings. The molecule has 1 aromatic heterocycles. The summed E-state index contributed by atoms with van der Waals surface area (Å²) in [5.41, 5.74) is 0.873. The van der Waals surface area contributed by atoms with Crippen molar-refractivity contribution in [2.45, 2.75) is 6.04 Å². The van der Waals surface area contributed by atoms with Crippen LogP contribution in [-0.4, -0.2) is 30.1 Å². The predicted octanol–water partition coefficient (Wildman–Crippen LogP) is 2.59.